The zero-order valence-electron chi connectivity index (χ0n) is 9.36. The van der Waals surface area contributed by atoms with E-state index in [1.807, 2.05) is 12.1 Å². The first-order chi connectivity index (χ1) is 6.99. The lowest BCUT2D eigenvalue weighted by atomic mass is 9.75. The summed E-state index contributed by atoms with van der Waals surface area (Å²) in [6.45, 7) is 4.43. The first-order valence-electron chi connectivity index (χ1n) is 5.44. The zero-order chi connectivity index (χ0) is 10.9. The third kappa shape index (κ3) is 2.70. The SMILES string of the molecule is CC1(C)C=CC(O)(Cc2cccs2)CC1. The van der Waals surface area contributed by atoms with Crippen molar-refractivity contribution in [2.24, 2.45) is 5.41 Å². The van der Waals surface area contributed by atoms with E-state index in [2.05, 4.69) is 31.4 Å². The topological polar surface area (TPSA) is 20.2 Å². The number of hydrogen-bond donors (Lipinski definition) is 1. The highest BCUT2D eigenvalue weighted by Gasteiger charge is 2.32. The monoisotopic (exact) mass is 222 g/mol. The Morgan fingerprint density at radius 3 is 2.67 bits per heavy atom. The molecule has 0 fully saturated rings. The molecule has 1 nitrogen and oxygen atoms in total. The van der Waals surface area contributed by atoms with Crippen molar-refractivity contribution in [3.05, 3.63) is 34.5 Å². The maximum atomic E-state index is 10.4. The number of rotatable bonds is 2. The molecule has 0 amide bonds. The summed E-state index contributed by atoms with van der Waals surface area (Å²) in [6, 6.07) is 4.13. The Labute approximate surface area is 95.5 Å². The molecule has 2 rings (SSSR count). The highest BCUT2D eigenvalue weighted by atomic mass is 32.1. The van der Waals surface area contributed by atoms with Gasteiger partial charge in [-0.25, -0.2) is 0 Å². The first kappa shape index (κ1) is 10.9. The molecule has 0 aliphatic heterocycles. The molecule has 82 valence electrons. The summed E-state index contributed by atoms with van der Waals surface area (Å²) in [5.74, 6) is 0. The van der Waals surface area contributed by atoms with Gasteiger partial charge in [-0.15, -0.1) is 11.3 Å². The number of hydrogen-bond acceptors (Lipinski definition) is 2. The van der Waals surface area contributed by atoms with Crippen molar-refractivity contribution in [1.29, 1.82) is 0 Å². The Hall–Kier alpha value is -0.600. The second kappa shape index (κ2) is 3.76. The fourth-order valence-corrected chi connectivity index (χ4v) is 2.77. The summed E-state index contributed by atoms with van der Waals surface area (Å²) in [4.78, 5) is 1.27. The van der Waals surface area contributed by atoms with Crippen LogP contribution in [-0.2, 0) is 6.42 Å². The fraction of sp³-hybridized carbons (Fsp3) is 0.538. The molecule has 0 radical (unpaired) electrons. The minimum Gasteiger partial charge on any atom is -0.385 e. The summed E-state index contributed by atoms with van der Waals surface area (Å²) in [6.07, 6.45) is 6.84. The molecule has 1 aliphatic rings. The summed E-state index contributed by atoms with van der Waals surface area (Å²) in [5, 5.41) is 12.5. The van der Waals surface area contributed by atoms with Crippen LogP contribution in [0.4, 0.5) is 0 Å². The third-order valence-corrected chi connectivity index (χ3v) is 3.98. The lowest BCUT2D eigenvalue weighted by Crippen LogP contribution is -2.34. The molecule has 1 aliphatic carbocycles. The molecule has 0 aromatic carbocycles. The summed E-state index contributed by atoms with van der Waals surface area (Å²) < 4.78 is 0. The van der Waals surface area contributed by atoms with E-state index >= 15 is 0 Å². The maximum Gasteiger partial charge on any atom is 0.0876 e. The van der Waals surface area contributed by atoms with E-state index in [1.54, 1.807) is 11.3 Å². The molecular formula is C13H18OS. The van der Waals surface area contributed by atoms with Crippen molar-refractivity contribution in [3.63, 3.8) is 0 Å². The molecule has 1 aromatic heterocycles. The third-order valence-electron chi connectivity index (χ3n) is 3.11. The number of allylic oxidation sites excluding steroid dienone is 1. The molecular weight excluding hydrogens is 204 g/mol. The minimum absolute atomic E-state index is 0.252. The van der Waals surface area contributed by atoms with Crippen LogP contribution in [0.15, 0.2) is 29.7 Å². The van der Waals surface area contributed by atoms with E-state index in [0.29, 0.717) is 0 Å². The average Bonchev–Trinajstić information content (AvgIpc) is 2.64. The Morgan fingerprint density at radius 1 is 1.33 bits per heavy atom. The van der Waals surface area contributed by atoms with Gasteiger partial charge in [-0.05, 0) is 29.7 Å². The summed E-state index contributed by atoms with van der Waals surface area (Å²) in [7, 11) is 0. The molecule has 1 aromatic rings. The van der Waals surface area contributed by atoms with Crippen LogP contribution in [-0.4, -0.2) is 10.7 Å². The average molecular weight is 222 g/mol. The molecule has 1 atom stereocenters. The molecule has 1 N–H and O–H groups in total. The van der Waals surface area contributed by atoms with Gasteiger partial charge in [0.25, 0.3) is 0 Å². The van der Waals surface area contributed by atoms with Gasteiger partial charge >= 0.3 is 0 Å². The van der Waals surface area contributed by atoms with Crippen molar-refractivity contribution in [3.8, 4) is 0 Å². The molecule has 1 heterocycles. The van der Waals surface area contributed by atoms with Crippen LogP contribution in [0.1, 0.15) is 31.6 Å². The van der Waals surface area contributed by atoms with Crippen molar-refractivity contribution in [2.75, 3.05) is 0 Å². The molecule has 2 heteroatoms. The van der Waals surface area contributed by atoms with Gasteiger partial charge in [-0.1, -0.05) is 32.1 Å². The van der Waals surface area contributed by atoms with Gasteiger partial charge in [0.1, 0.15) is 0 Å². The lowest BCUT2D eigenvalue weighted by molar-refractivity contribution is 0.0618. The fourth-order valence-electron chi connectivity index (χ4n) is 1.95. The van der Waals surface area contributed by atoms with Gasteiger partial charge in [0, 0.05) is 11.3 Å². The Balaban J connectivity index is 2.09. The van der Waals surface area contributed by atoms with E-state index in [1.165, 1.54) is 4.88 Å². The van der Waals surface area contributed by atoms with Gasteiger partial charge in [0.2, 0.25) is 0 Å². The zero-order valence-corrected chi connectivity index (χ0v) is 10.2. The number of thiophene rings is 1. The molecule has 15 heavy (non-hydrogen) atoms. The van der Waals surface area contributed by atoms with Crippen molar-refractivity contribution >= 4 is 11.3 Å². The molecule has 1 unspecified atom stereocenters. The van der Waals surface area contributed by atoms with E-state index in [-0.39, 0.29) is 5.41 Å². The predicted molar refractivity (Wildman–Crippen MR) is 65.1 cm³/mol. The van der Waals surface area contributed by atoms with E-state index < -0.39 is 5.60 Å². The van der Waals surface area contributed by atoms with Crippen LogP contribution >= 0.6 is 11.3 Å². The van der Waals surface area contributed by atoms with E-state index in [4.69, 9.17) is 0 Å². The highest BCUT2D eigenvalue weighted by Crippen LogP contribution is 2.36. The normalized spacial score (nSPS) is 29.3. The molecule has 0 saturated heterocycles. The predicted octanol–water partition coefficient (Wildman–Crippen LogP) is 3.40. The highest BCUT2D eigenvalue weighted by molar-refractivity contribution is 7.09. The largest absolute Gasteiger partial charge is 0.385 e. The van der Waals surface area contributed by atoms with Crippen LogP contribution in [0.25, 0.3) is 0 Å². The van der Waals surface area contributed by atoms with Crippen molar-refractivity contribution in [2.45, 2.75) is 38.7 Å². The molecule has 0 spiro atoms. The van der Waals surface area contributed by atoms with Gasteiger partial charge < -0.3 is 5.11 Å². The van der Waals surface area contributed by atoms with Gasteiger partial charge in [0.05, 0.1) is 5.60 Å². The Kier molecular flexibility index (Phi) is 2.73. The van der Waals surface area contributed by atoms with Crippen LogP contribution in [0.3, 0.4) is 0 Å². The standard InChI is InChI=1S/C13H18OS/c1-12(2)5-7-13(14,8-6-12)10-11-4-3-9-15-11/h3-5,7,9,14H,6,8,10H2,1-2H3. The van der Waals surface area contributed by atoms with Crippen LogP contribution in [0.5, 0.6) is 0 Å². The summed E-state index contributed by atoms with van der Waals surface area (Å²) in [5.41, 5.74) is -0.359. The summed E-state index contributed by atoms with van der Waals surface area (Å²) >= 11 is 1.72. The van der Waals surface area contributed by atoms with E-state index in [9.17, 15) is 5.11 Å². The van der Waals surface area contributed by atoms with Gasteiger partial charge in [-0.3, -0.25) is 0 Å². The van der Waals surface area contributed by atoms with Crippen LogP contribution in [0.2, 0.25) is 0 Å². The lowest BCUT2D eigenvalue weighted by Gasteiger charge is -2.34. The Morgan fingerprint density at radius 2 is 2.13 bits per heavy atom. The van der Waals surface area contributed by atoms with Gasteiger partial charge in [-0.2, -0.15) is 0 Å². The first-order valence-corrected chi connectivity index (χ1v) is 6.32. The van der Waals surface area contributed by atoms with Gasteiger partial charge in [0.15, 0.2) is 0 Å². The van der Waals surface area contributed by atoms with Crippen molar-refractivity contribution in [1.82, 2.24) is 0 Å². The molecule has 0 saturated carbocycles. The molecule has 0 bridgehead atoms. The second-order valence-electron chi connectivity index (χ2n) is 5.18. The number of aliphatic hydroxyl groups is 1. The quantitative estimate of drug-likeness (QED) is 0.760. The van der Waals surface area contributed by atoms with Crippen LogP contribution in [0, 0.1) is 5.41 Å². The Bertz CT molecular complexity index is 351. The second-order valence-corrected chi connectivity index (χ2v) is 6.21. The van der Waals surface area contributed by atoms with Crippen molar-refractivity contribution < 1.29 is 5.11 Å². The van der Waals surface area contributed by atoms with Crippen LogP contribution < -0.4 is 0 Å². The smallest absolute Gasteiger partial charge is 0.0876 e. The van der Waals surface area contributed by atoms with E-state index in [0.717, 1.165) is 19.3 Å². The minimum atomic E-state index is -0.611. The maximum absolute atomic E-state index is 10.4.